The van der Waals surface area contributed by atoms with E-state index < -0.39 is 0 Å². The molecule has 2 N–H and O–H groups in total. The molecule has 3 rings (SSSR count). The molecule has 0 bridgehead atoms. The molecule has 0 unspecified atom stereocenters. The first-order valence-corrected chi connectivity index (χ1v) is 10.1. The Morgan fingerprint density at radius 2 is 2.10 bits per heavy atom. The van der Waals surface area contributed by atoms with Gasteiger partial charge < -0.3 is 19.7 Å². The Morgan fingerprint density at radius 3 is 2.77 bits per heavy atom. The van der Waals surface area contributed by atoms with Gasteiger partial charge in [0.15, 0.2) is 0 Å². The summed E-state index contributed by atoms with van der Waals surface area (Å²) in [6.45, 7) is 6.48. The average molecular weight is 414 g/mol. The molecule has 160 valence electrons. The van der Waals surface area contributed by atoms with E-state index in [1.807, 2.05) is 6.92 Å². The standard InChI is InChI=1S/C21H27FN6O2/c1-3-7-29-19-12-28(13-19)18-10-25-21(26-11-18)30-14-17(27-23)9-24-16-5-6-20(22)15(4-2)8-16/h5-6,8-11,19,23-24H,3-4,7,12-14H2,1-2H3/b17-9-,27-23?. The van der Waals surface area contributed by atoms with Gasteiger partial charge in [-0.3, -0.25) is 0 Å². The van der Waals surface area contributed by atoms with E-state index in [0.717, 1.165) is 31.8 Å². The Labute approximate surface area is 175 Å². The lowest BCUT2D eigenvalue weighted by molar-refractivity contribution is 0.0347. The Kier molecular flexibility index (Phi) is 7.67. The first-order chi connectivity index (χ1) is 14.6. The van der Waals surface area contributed by atoms with Crippen LogP contribution in [0.2, 0.25) is 0 Å². The van der Waals surface area contributed by atoms with E-state index in [2.05, 4.69) is 32.2 Å². The summed E-state index contributed by atoms with van der Waals surface area (Å²) in [6.07, 6.45) is 6.86. The second-order valence-corrected chi connectivity index (χ2v) is 6.96. The lowest BCUT2D eigenvalue weighted by atomic mass is 10.1. The topological polar surface area (TPSA) is 95.7 Å². The van der Waals surface area contributed by atoms with Crippen molar-refractivity contribution in [3.05, 3.63) is 53.9 Å². The number of rotatable bonds is 11. The SMILES string of the molecule is CCCOC1CN(c2cnc(OC/C(=C/Nc3ccc(F)c(CC)c3)N=N)nc2)C1. The van der Waals surface area contributed by atoms with Crippen molar-refractivity contribution < 1.29 is 13.9 Å². The molecular weight excluding hydrogens is 387 g/mol. The summed E-state index contributed by atoms with van der Waals surface area (Å²) in [6, 6.07) is 4.98. The summed E-state index contributed by atoms with van der Waals surface area (Å²) in [5.74, 6) is -0.233. The number of benzene rings is 1. The summed E-state index contributed by atoms with van der Waals surface area (Å²) in [4.78, 5) is 10.6. The van der Waals surface area contributed by atoms with E-state index in [-0.39, 0.29) is 24.5 Å². The van der Waals surface area contributed by atoms with Crippen molar-refractivity contribution in [1.82, 2.24) is 9.97 Å². The third kappa shape index (κ3) is 5.73. The van der Waals surface area contributed by atoms with Crippen LogP contribution in [0.15, 0.2) is 47.6 Å². The van der Waals surface area contributed by atoms with Crippen LogP contribution in [0.1, 0.15) is 25.8 Å². The highest BCUT2D eigenvalue weighted by atomic mass is 19.1. The maximum atomic E-state index is 13.6. The van der Waals surface area contributed by atoms with Crippen LogP contribution in [0.25, 0.3) is 0 Å². The van der Waals surface area contributed by atoms with Crippen LogP contribution >= 0.6 is 0 Å². The summed E-state index contributed by atoms with van der Waals surface area (Å²) in [5.41, 5.74) is 9.91. The van der Waals surface area contributed by atoms with E-state index in [9.17, 15) is 4.39 Å². The van der Waals surface area contributed by atoms with Gasteiger partial charge in [0.1, 0.15) is 18.1 Å². The second kappa shape index (κ2) is 10.6. The summed E-state index contributed by atoms with van der Waals surface area (Å²) < 4.78 is 24.8. The third-order valence-electron chi connectivity index (χ3n) is 4.71. The highest BCUT2D eigenvalue weighted by molar-refractivity contribution is 5.49. The van der Waals surface area contributed by atoms with Crippen molar-refractivity contribution in [3.8, 4) is 6.01 Å². The average Bonchev–Trinajstić information content (AvgIpc) is 2.74. The van der Waals surface area contributed by atoms with Crippen molar-refractivity contribution in [3.63, 3.8) is 0 Å². The molecule has 1 aliphatic heterocycles. The van der Waals surface area contributed by atoms with Crippen LogP contribution in [0, 0.1) is 11.3 Å². The van der Waals surface area contributed by atoms with Crippen molar-refractivity contribution in [1.29, 1.82) is 5.53 Å². The molecule has 9 heteroatoms. The Morgan fingerprint density at radius 1 is 1.33 bits per heavy atom. The molecule has 0 aliphatic carbocycles. The number of halogens is 1. The first-order valence-electron chi connectivity index (χ1n) is 10.1. The van der Waals surface area contributed by atoms with Gasteiger partial charge in [-0.1, -0.05) is 13.8 Å². The number of aryl methyl sites for hydroxylation is 1. The molecule has 1 aliphatic rings. The smallest absolute Gasteiger partial charge is 0.316 e. The minimum absolute atomic E-state index is 0.0360. The molecule has 0 radical (unpaired) electrons. The predicted octanol–water partition coefficient (Wildman–Crippen LogP) is 4.16. The van der Waals surface area contributed by atoms with E-state index >= 15 is 0 Å². The number of anilines is 2. The maximum absolute atomic E-state index is 13.6. The van der Waals surface area contributed by atoms with Crippen LogP contribution in [-0.4, -0.2) is 42.4 Å². The van der Waals surface area contributed by atoms with Crippen molar-refractivity contribution in [2.24, 2.45) is 5.11 Å². The molecular formula is C21H27FN6O2. The highest BCUT2D eigenvalue weighted by Crippen LogP contribution is 2.22. The molecule has 1 aromatic heterocycles. The van der Waals surface area contributed by atoms with E-state index in [1.165, 1.54) is 6.07 Å². The van der Waals surface area contributed by atoms with E-state index in [0.29, 0.717) is 23.4 Å². The van der Waals surface area contributed by atoms with Gasteiger partial charge in [0.2, 0.25) is 0 Å². The van der Waals surface area contributed by atoms with Gasteiger partial charge >= 0.3 is 6.01 Å². The minimum Gasteiger partial charge on any atom is -0.457 e. The van der Waals surface area contributed by atoms with Crippen LogP contribution < -0.4 is 15.0 Å². The fraction of sp³-hybridized carbons (Fsp3) is 0.429. The molecule has 2 aromatic rings. The van der Waals surface area contributed by atoms with Crippen molar-refractivity contribution in [2.45, 2.75) is 32.8 Å². The summed E-state index contributed by atoms with van der Waals surface area (Å²) in [7, 11) is 0. The normalized spacial score (nSPS) is 14.4. The van der Waals surface area contributed by atoms with Gasteiger partial charge in [0.25, 0.3) is 0 Å². The molecule has 0 spiro atoms. The van der Waals surface area contributed by atoms with Crippen molar-refractivity contribution in [2.75, 3.05) is 36.5 Å². The van der Waals surface area contributed by atoms with Gasteiger partial charge in [-0.15, -0.1) is 0 Å². The molecule has 0 atom stereocenters. The monoisotopic (exact) mass is 414 g/mol. The number of nitrogens with one attached hydrogen (secondary N) is 2. The molecule has 8 nitrogen and oxygen atoms in total. The van der Waals surface area contributed by atoms with Gasteiger partial charge in [-0.05, 0) is 36.6 Å². The number of ether oxygens (including phenoxy) is 2. The largest absolute Gasteiger partial charge is 0.457 e. The van der Waals surface area contributed by atoms with Gasteiger partial charge in [0, 0.05) is 31.6 Å². The molecule has 0 saturated carbocycles. The summed E-state index contributed by atoms with van der Waals surface area (Å²) in [5, 5.41) is 6.46. The second-order valence-electron chi connectivity index (χ2n) is 6.96. The lowest BCUT2D eigenvalue weighted by Crippen LogP contribution is -2.52. The molecule has 1 aromatic carbocycles. The molecule has 2 heterocycles. The number of hydrogen-bond acceptors (Lipinski definition) is 8. The number of nitrogens with zero attached hydrogens (tertiary/aromatic N) is 4. The van der Waals surface area contributed by atoms with Gasteiger partial charge in [-0.25, -0.2) is 19.9 Å². The van der Waals surface area contributed by atoms with Crippen LogP contribution in [0.4, 0.5) is 15.8 Å². The van der Waals surface area contributed by atoms with Gasteiger partial charge in [0.05, 0.1) is 24.2 Å². The summed E-state index contributed by atoms with van der Waals surface area (Å²) >= 11 is 0. The maximum Gasteiger partial charge on any atom is 0.316 e. The molecule has 0 amide bonds. The Balaban J connectivity index is 1.49. The van der Waals surface area contributed by atoms with Crippen molar-refractivity contribution >= 4 is 11.4 Å². The lowest BCUT2D eigenvalue weighted by Gasteiger charge is -2.40. The first kappa shape index (κ1) is 21.6. The fourth-order valence-corrected chi connectivity index (χ4v) is 2.93. The molecule has 30 heavy (non-hydrogen) atoms. The number of aromatic nitrogens is 2. The molecule has 1 saturated heterocycles. The molecule has 1 fully saturated rings. The zero-order valence-corrected chi connectivity index (χ0v) is 17.3. The third-order valence-corrected chi connectivity index (χ3v) is 4.71. The highest BCUT2D eigenvalue weighted by Gasteiger charge is 2.27. The van der Waals surface area contributed by atoms with Gasteiger partial charge in [-0.2, -0.15) is 5.11 Å². The van der Waals surface area contributed by atoms with Crippen LogP contribution in [-0.2, 0) is 11.2 Å². The van der Waals surface area contributed by atoms with Crippen LogP contribution in [0.3, 0.4) is 0 Å². The van der Waals surface area contributed by atoms with Crippen LogP contribution in [0.5, 0.6) is 6.01 Å². The quantitative estimate of drug-likeness (QED) is 0.536. The van der Waals surface area contributed by atoms with E-state index in [1.54, 1.807) is 30.7 Å². The fourth-order valence-electron chi connectivity index (χ4n) is 2.93. The minimum atomic E-state index is -0.233. The zero-order chi connectivity index (χ0) is 21.3. The predicted molar refractivity (Wildman–Crippen MR) is 112 cm³/mol. The Bertz CT molecular complexity index is 868. The number of hydrogen-bond donors (Lipinski definition) is 2. The zero-order valence-electron chi connectivity index (χ0n) is 17.3. The van der Waals surface area contributed by atoms with E-state index in [4.69, 9.17) is 15.0 Å². The Hall–Kier alpha value is -3.07.